The van der Waals surface area contributed by atoms with E-state index in [9.17, 15) is 19.2 Å². The van der Waals surface area contributed by atoms with Crippen molar-refractivity contribution >= 4 is 45.9 Å². The third-order valence-corrected chi connectivity index (χ3v) is 4.70. The number of hydrogen-bond acceptors (Lipinski definition) is 8. The minimum atomic E-state index is -0.273. The van der Waals surface area contributed by atoms with Gasteiger partial charge >= 0.3 is 0 Å². The van der Waals surface area contributed by atoms with Crippen LogP contribution in [-0.2, 0) is 9.59 Å². The molecule has 0 saturated heterocycles. The summed E-state index contributed by atoms with van der Waals surface area (Å²) in [6, 6.07) is 9.23. The Kier molecular flexibility index (Phi) is 7.69. The molecule has 2 rings (SSSR count). The fraction of sp³-hybridized carbons (Fsp3) is 0.273. The highest BCUT2D eigenvalue weighted by molar-refractivity contribution is 6.04. The van der Waals surface area contributed by atoms with E-state index in [2.05, 4.69) is 0 Å². The summed E-state index contributed by atoms with van der Waals surface area (Å²) in [6.45, 7) is 0. The van der Waals surface area contributed by atoms with Crippen LogP contribution in [0.3, 0.4) is 0 Å². The van der Waals surface area contributed by atoms with Crippen LogP contribution >= 0.6 is 0 Å². The van der Waals surface area contributed by atoms with Gasteiger partial charge in [-0.3, -0.25) is 19.2 Å². The van der Waals surface area contributed by atoms with Crippen molar-refractivity contribution in [2.45, 2.75) is 38.5 Å². The van der Waals surface area contributed by atoms with Crippen molar-refractivity contribution in [1.29, 1.82) is 0 Å². The fourth-order valence-corrected chi connectivity index (χ4v) is 2.93. The first-order chi connectivity index (χ1) is 14.2. The van der Waals surface area contributed by atoms with Gasteiger partial charge in [-0.2, -0.15) is 0 Å². The number of nitrogen functional groups attached to an aromatic ring is 4. The van der Waals surface area contributed by atoms with Crippen LogP contribution in [0.4, 0.5) is 22.7 Å². The standard InChI is InChI=1S/C22H26N4O4/c23-13-1-7-19(25)17(11-13)21(29)9-5-15(27)3-4-16(28)6-10-22(30)18-12-14(24)2-8-20(18)26/h1-2,7-8,11-12H,3-6,9-10,23-26H2. The Morgan fingerprint density at radius 1 is 0.533 bits per heavy atom. The van der Waals surface area contributed by atoms with Gasteiger partial charge in [-0.25, -0.2) is 0 Å². The van der Waals surface area contributed by atoms with Crippen molar-refractivity contribution in [1.82, 2.24) is 0 Å². The number of carbonyl (C=O) groups is 4. The molecule has 158 valence electrons. The van der Waals surface area contributed by atoms with Gasteiger partial charge in [0.2, 0.25) is 0 Å². The van der Waals surface area contributed by atoms with Crippen LogP contribution in [0, 0.1) is 0 Å². The molecule has 0 saturated carbocycles. The van der Waals surface area contributed by atoms with Gasteiger partial charge in [0, 0.05) is 72.4 Å². The van der Waals surface area contributed by atoms with E-state index in [4.69, 9.17) is 22.9 Å². The lowest BCUT2D eigenvalue weighted by molar-refractivity contribution is -0.124. The van der Waals surface area contributed by atoms with Gasteiger partial charge in [0.25, 0.3) is 0 Å². The van der Waals surface area contributed by atoms with Crippen molar-refractivity contribution in [2.75, 3.05) is 22.9 Å². The average molecular weight is 410 g/mol. The Hall–Kier alpha value is -3.68. The van der Waals surface area contributed by atoms with Crippen molar-refractivity contribution in [3.63, 3.8) is 0 Å². The van der Waals surface area contributed by atoms with Crippen molar-refractivity contribution in [3.8, 4) is 0 Å². The molecule has 2 aromatic carbocycles. The van der Waals surface area contributed by atoms with Crippen LogP contribution in [0.2, 0.25) is 0 Å². The summed E-state index contributed by atoms with van der Waals surface area (Å²) in [6.07, 6.45) is 0.0558. The molecule has 0 fully saturated rings. The Balaban J connectivity index is 1.74. The normalized spacial score (nSPS) is 10.5. The third-order valence-electron chi connectivity index (χ3n) is 4.70. The molecule has 0 atom stereocenters. The molecule has 0 bridgehead atoms. The van der Waals surface area contributed by atoms with E-state index in [1.165, 1.54) is 12.1 Å². The summed E-state index contributed by atoms with van der Waals surface area (Å²) in [7, 11) is 0. The van der Waals surface area contributed by atoms with Gasteiger partial charge in [0.05, 0.1) is 0 Å². The molecule has 8 N–H and O–H groups in total. The van der Waals surface area contributed by atoms with Crippen LogP contribution in [0.25, 0.3) is 0 Å². The largest absolute Gasteiger partial charge is 0.399 e. The molecule has 8 heteroatoms. The monoisotopic (exact) mass is 410 g/mol. The number of nitrogens with two attached hydrogens (primary N) is 4. The molecular formula is C22H26N4O4. The van der Waals surface area contributed by atoms with E-state index >= 15 is 0 Å². The Morgan fingerprint density at radius 2 is 0.867 bits per heavy atom. The maximum atomic E-state index is 12.2. The topological polar surface area (TPSA) is 172 Å². The quantitative estimate of drug-likeness (QED) is 0.323. The van der Waals surface area contributed by atoms with Crippen molar-refractivity contribution in [2.24, 2.45) is 0 Å². The predicted molar refractivity (Wildman–Crippen MR) is 117 cm³/mol. The Bertz CT molecular complexity index is 906. The molecule has 2 aromatic rings. The first-order valence-corrected chi connectivity index (χ1v) is 9.57. The summed E-state index contributed by atoms with van der Waals surface area (Å²) >= 11 is 0. The predicted octanol–water partition coefficient (Wildman–Crippen LogP) is 2.56. The number of hydrogen-bond donors (Lipinski definition) is 4. The highest BCUT2D eigenvalue weighted by Gasteiger charge is 2.15. The molecule has 8 nitrogen and oxygen atoms in total. The highest BCUT2D eigenvalue weighted by atomic mass is 16.1. The SMILES string of the molecule is Nc1ccc(N)c(C(=O)CCC(=O)CCC(=O)CCC(=O)c2cc(N)ccc2N)c1. The zero-order chi connectivity index (χ0) is 22.3. The maximum absolute atomic E-state index is 12.2. The van der Waals surface area contributed by atoms with Gasteiger partial charge in [-0.15, -0.1) is 0 Å². The van der Waals surface area contributed by atoms with Crippen LogP contribution in [0.5, 0.6) is 0 Å². The van der Waals surface area contributed by atoms with Crippen LogP contribution in [-0.4, -0.2) is 23.1 Å². The summed E-state index contributed by atoms with van der Waals surface area (Å²) in [5.74, 6) is -0.953. The molecule has 0 aliphatic rings. The molecule has 0 spiro atoms. The zero-order valence-electron chi connectivity index (χ0n) is 16.6. The number of ketones is 4. The average Bonchev–Trinajstić information content (AvgIpc) is 2.72. The van der Waals surface area contributed by atoms with Crippen LogP contribution in [0.15, 0.2) is 36.4 Å². The Labute approximate surface area is 174 Å². The first kappa shape index (κ1) is 22.6. The van der Waals surface area contributed by atoms with Crippen LogP contribution < -0.4 is 22.9 Å². The van der Waals surface area contributed by atoms with E-state index in [0.717, 1.165) is 0 Å². The molecule has 0 radical (unpaired) electrons. The summed E-state index contributed by atoms with van der Waals surface area (Å²) in [5.41, 5.74) is 24.9. The van der Waals surface area contributed by atoms with E-state index in [0.29, 0.717) is 33.9 Å². The van der Waals surface area contributed by atoms with Gasteiger partial charge in [0.15, 0.2) is 11.6 Å². The number of benzene rings is 2. The lowest BCUT2D eigenvalue weighted by Gasteiger charge is -2.06. The van der Waals surface area contributed by atoms with Gasteiger partial charge in [-0.05, 0) is 36.4 Å². The minimum Gasteiger partial charge on any atom is -0.399 e. The Morgan fingerprint density at radius 3 is 1.23 bits per heavy atom. The first-order valence-electron chi connectivity index (χ1n) is 9.57. The molecule has 0 aliphatic heterocycles. The lowest BCUT2D eigenvalue weighted by Crippen LogP contribution is -2.10. The number of rotatable bonds is 11. The number of anilines is 4. The molecule has 0 unspecified atom stereocenters. The summed E-state index contributed by atoms with van der Waals surface area (Å²) in [5, 5.41) is 0. The van der Waals surface area contributed by atoms with Crippen molar-refractivity contribution < 1.29 is 19.2 Å². The molecule has 0 aromatic heterocycles. The number of carbonyl (C=O) groups excluding carboxylic acids is 4. The van der Waals surface area contributed by atoms with Crippen molar-refractivity contribution in [3.05, 3.63) is 47.5 Å². The summed E-state index contributed by atoms with van der Waals surface area (Å²) in [4.78, 5) is 48.5. The van der Waals surface area contributed by atoms with E-state index < -0.39 is 0 Å². The second-order valence-electron chi connectivity index (χ2n) is 7.12. The molecule has 0 amide bonds. The fourth-order valence-electron chi connectivity index (χ4n) is 2.93. The molecule has 0 heterocycles. The number of Topliss-reactive ketones (excluding diaryl/α,β-unsaturated/α-hetero) is 4. The zero-order valence-corrected chi connectivity index (χ0v) is 16.6. The second kappa shape index (κ2) is 10.2. The summed E-state index contributed by atoms with van der Waals surface area (Å²) < 4.78 is 0. The maximum Gasteiger partial charge on any atom is 0.165 e. The minimum absolute atomic E-state index is 0.00608. The smallest absolute Gasteiger partial charge is 0.165 e. The van der Waals surface area contributed by atoms with E-state index in [-0.39, 0.29) is 61.7 Å². The third kappa shape index (κ3) is 6.44. The van der Waals surface area contributed by atoms with E-state index in [1.807, 2.05) is 0 Å². The highest BCUT2D eigenvalue weighted by Crippen LogP contribution is 2.20. The van der Waals surface area contributed by atoms with Gasteiger partial charge in [0.1, 0.15) is 11.6 Å². The van der Waals surface area contributed by atoms with Gasteiger partial charge in [-0.1, -0.05) is 0 Å². The van der Waals surface area contributed by atoms with Gasteiger partial charge < -0.3 is 22.9 Å². The molecular weight excluding hydrogens is 384 g/mol. The van der Waals surface area contributed by atoms with E-state index in [1.54, 1.807) is 24.3 Å². The second-order valence-corrected chi connectivity index (χ2v) is 7.12. The lowest BCUT2D eigenvalue weighted by atomic mass is 9.99. The molecule has 30 heavy (non-hydrogen) atoms. The van der Waals surface area contributed by atoms with Crippen LogP contribution in [0.1, 0.15) is 59.2 Å². The molecule has 0 aliphatic carbocycles.